The zero-order chi connectivity index (χ0) is 13.9. The molecule has 2 aromatic rings. The lowest BCUT2D eigenvalue weighted by Crippen LogP contribution is -2.40. The number of rotatable bonds is 5. The molecule has 0 spiro atoms. The highest BCUT2D eigenvalue weighted by Crippen LogP contribution is 2.33. The summed E-state index contributed by atoms with van der Waals surface area (Å²) >= 11 is 0. The van der Waals surface area contributed by atoms with Crippen molar-refractivity contribution in [2.45, 2.75) is 38.8 Å². The second-order valence-corrected chi connectivity index (χ2v) is 5.02. The Bertz CT molecular complexity index is 550. The van der Waals surface area contributed by atoms with E-state index in [2.05, 4.69) is 31.0 Å². The summed E-state index contributed by atoms with van der Waals surface area (Å²) in [5.74, 6) is 0. The molecule has 0 fully saturated rings. The monoisotopic (exact) mass is 258 g/mol. The molecule has 2 atom stereocenters. The highest BCUT2D eigenvalue weighted by molar-refractivity contribution is 5.85. The predicted molar refractivity (Wildman–Crippen MR) is 79.0 cm³/mol. The van der Waals surface area contributed by atoms with E-state index in [0.29, 0.717) is 6.61 Å². The standard InChI is InChI=1S/C16H22N2O/c1-4-16(3,19-5-2)15(17)14-8-6-7-12-11-18-10-9-13(12)14/h6-11,15H,4-5,17H2,1-3H3. The Labute approximate surface area is 114 Å². The lowest BCUT2D eigenvalue weighted by Gasteiger charge is -2.35. The van der Waals surface area contributed by atoms with Gasteiger partial charge in [-0.3, -0.25) is 4.98 Å². The first-order chi connectivity index (χ1) is 9.12. The Hall–Kier alpha value is -1.45. The minimum Gasteiger partial charge on any atom is -0.374 e. The molecule has 19 heavy (non-hydrogen) atoms. The lowest BCUT2D eigenvalue weighted by atomic mass is 9.86. The Morgan fingerprint density at radius 3 is 2.79 bits per heavy atom. The Morgan fingerprint density at radius 1 is 1.32 bits per heavy atom. The Kier molecular flexibility index (Phi) is 4.17. The summed E-state index contributed by atoms with van der Waals surface area (Å²) < 4.78 is 5.90. The number of fused-ring (bicyclic) bond motifs is 1. The van der Waals surface area contributed by atoms with Gasteiger partial charge in [0, 0.05) is 24.4 Å². The minimum atomic E-state index is -0.341. The van der Waals surface area contributed by atoms with Gasteiger partial charge < -0.3 is 10.5 Å². The van der Waals surface area contributed by atoms with Crippen LogP contribution >= 0.6 is 0 Å². The van der Waals surface area contributed by atoms with Crippen molar-refractivity contribution in [2.24, 2.45) is 5.73 Å². The number of aromatic nitrogens is 1. The van der Waals surface area contributed by atoms with E-state index in [1.54, 1.807) is 0 Å². The van der Waals surface area contributed by atoms with Gasteiger partial charge in [0.05, 0.1) is 11.6 Å². The van der Waals surface area contributed by atoms with Crippen LogP contribution in [-0.2, 0) is 4.74 Å². The molecule has 0 amide bonds. The molecule has 1 aromatic carbocycles. The molecule has 0 aliphatic carbocycles. The number of nitrogens with two attached hydrogens (primary N) is 1. The summed E-state index contributed by atoms with van der Waals surface area (Å²) in [6, 6.07) is 8.04. The molecule has 0 aliphatic rings. The van der Waals surface area contributed by atoms with Gasteiger partial charge >= 0.3 is 0 Å². The summed E-state index contributed by atoms with van der Waals surface area (Å²) in [6.07, 6.45) is 4.56. The largest absolute Gasteiger partial charge is 0.374 e. The van der Waals surface area contributed by atoms with Gasteiger partial charge in [-0.25, -0.2) is 0 Å². The van der Waals surface area contributed by atoms with E-state index in [9.17, 15) is 0 Å². The van der Waals surface area contributed by atoms with Crippen LogP contribution in [0.5, 0.6) is 0 Å². The molecule has 1 heterocycles. The summed E-state index contributed by atoms with van der Waals surface area (Å²) in [5, 5.41) is 2.27. The van der Waals surface area contributed by atoms with Gasteiger partial charge in [0.15, 0.2) is 0 Å². The third kappa shape index (κ3) is 2.62. The second-order valence-electron chi connectivity index (χ2n) is 5.02. The molecule has 0 saturated carbocycles. The van der Waals surface area contributed by atoms with Crippen LogP contribution in [0.1, 0.15) is 38.8 Å². The fourth-order valence-electron chi connectivity index (χ4n) is 2.49. The van der Waals surface area contributed by atoms with Gasteiger partial charge in [-0.05, 0) is 37.3 Å². The molecule has 0 aliphatic heterocycles. The zero-order valence-corrected chi connectivity index (χ0v) is 11.9. The molecule has 3 heteroatoms. The molecular formula is C16H22N2O. The molecule has 0 saturated heterocycles. The average Bonchev–Trinajstić information content (AvgIpc) is 2.46. The van der Waals surface area contributed by atoms with E-state index in [1.165, 1.54) is 0 Å². The Morgan fingerprint density at radius 2 is 2.11 bits per heavy atom. The topological polar surface area (TPSA) is 48.1 Å². The highest BCUT2D eigenvalue weighted by Gasteiger charge is 2.32. The van der Waals surface area contributed by atoms with Crippen LogP contribution in [0, 0.1) is 0 Å². The Balaban J connectivity index is 2.49. The van der Waals surface area contributed by atoms with E-state index >= 15 is 0 Å². The number of hydrogen-bond donors (Lipinski definition) is 1. The molecule has 2 unspecified atom stereocenters. The van der Waals surface area contributed by atoms with Crippen LogP contribution in [0.2, 0.25) is 0 Å². The number of hydrogen-bond acceptors (Lipinski definition) is 3. The number of nitrogens with zero attached hydrogens (tertiary/aromatic N) is 1. The van der Waals surface area contributed by atoms with Gasteiger partial charge in [0.25, 0.3) is 0 Å². The average molecular weight is 258 g/mol. The first-order valence-corrected chi connectivity index (χ1v) is 6.84. The quantitative estimate of drug-likeness (QED) is 0.893. The van der Waals surface area contributed by atoms with Crippen molar-refractivity contribution in [3.8, 4) is 0 Å². The second kappa shape index (κ2) is 5.68. The molecule has 0 bridgehead atoms. The fourth-order valence-corrected chi connectivity index (χ4v) is 2.49. The molecule has 3 nitrogen and oxygen atoms in total. The van der Waals surface area contributed by atoms with Crippen LogP contribution < -0.4 is 5.73 Å². The molecule has 0 radical (unpaired) electrons. The van der Waals surface area contributed by atoms with Crippen LogP contribution in [0.15, 0.2) is 36.7 Å². The van der Waals surface area contributed by atoms with Crippen molar-refractivity contribution in [1.82, 2.24) is 4.98 Å². The first kappa shape index (κ1) is 14.0. The number of benzene rings is 1. The van der Waals surface area contributed by atoms with Crippen molar-refractivity contribution in [1.29, 1.82) is 0 Å². The summed E-state index contributed by atoms with van der Waals surface area (Å²) in [4.78, 5) is 4.16. The van der Waals surface area contributed by atoms with Gasteiger partial charge in [-0.1, -0.05) is 25.1 Å². The highest BCUT2D eigenvalue weighted by atomic mass is 16.5. The SMILES string of the molecule is CCOC(C)(CC)C(N)c1cccc2cnccc12. The first-order valence-electron chi connectivity index (χ1n) is 6.84. The molecule has 2 N–H and O–H groups in total. The lowest BCUT2D eigenvalue weighted by molar-refractivity contribution is -0.0469. The summed E-state index contributed by atoms with van der Waals surface area (Å²) in [7, 11) is 0. The van der Waals surface area contributed by atoms with Crippen molar-refractivity contribution < 1.29 is 4.74 Å². The molecule has 2 rings (SSSR count). The van der Waals surface area contributed by atoms with E-state index < -0.39 is 0 Å². The van der Waals surface area contributed by atoms with Crippen LogP contribution in [0.4, 0.5) is 0 Å². The van der Waals surface area contributed by atoms with E-state index in [0.717, 1.165) is 22.8 Å². The van der Waals surface area contributed by atoms with Crippen molar-refractivity contribution >= 4 is 10.8 Å². The van der Waals surface area contributed by atoms with Gasteiger partial charge in [-0.15, -0.1) is 0 Å². The third-order valence-corrected chi connectivity index (χ3v) is 3.88. The van der Waals surface area contributed by atoms with Gasteiger partial charge in [-0.2, -0.15) is 0 Å². The minimum absolute atomic E-state index is 0.149. The smallest absolute Gasteiger partial charge is 0.0843 e. The van der Waals surface area contributed by atoms with Gasteiger partial charge in [0.2, 0.25) is 0 Å². The zero-order valence-electron chi connectivity index (χ0n) is 11.9. The molecule has 1 aromatic heterocycles. The number of pyridine rings is 1. The van der Waals surface area contributed by atoms with E-state index in [4.69, 9.17) is 10.5 Å². The van der Waals surface area contributed by atoms with Crippen LogP contribution in [0.25, 0.3) is 10.8 Å². The molecule has 102 valence electrons. The number of ether oxygens (including phenoxy) is 1. The summed E-state index contributed by atoms with van der Waals surface area (Å²) in [5.41, 5.74) is 7.27. The van der Waals surface area contributed by atoms with Crippen molar-refractivity contribution in [3.05, 3.63) is 42.2 Å². The van der Waals surface area contributed by atoms with Crippen molar-refractivity contribution in [3.63, 3.8) is 0 Å². The van der Waals surface area contributed by atoms with Crippen LogP contribution in [0.3, 0.4) is 0 Å². The van der Waals surface area contributed by atoms with Gasteiger partial charge in [0.1, 0.15) is 0 Å². The van der Waals surface area contributed by atoms with Crippen molar-refractivity contribution in [2.75, 3.05) is 6.61 Å². The maximum atomic E-state index is 6.49. The maximum Gasteiger partial charge on any atom is 0.0843 e. The predicted octanol–water partition coefficient (Wildman–Crippen LogP) is 3.44. The summed E-state index contributed by atoms with van der Waals surface area (Å²) in [6.45, 7) is 6.88. The van der Waals surface area contributed by atoms with E-state index in [1.807, 2.05) is 31.5 Å². The van der Waals surface area contributed by atoms with Crippen LogP contribution in [-0.4, -0.2) is 17.2 Å². The maximum absolute atomic E-state index is 6.49. The third-order valence-electron chi connectivity index (χ3n) is 3.88. The van der Waals surface area contributed by atoms with E-state index in [-0.39, 0.29) is 11.6 Å². The molecular weight excluding hydrogens is 236 g/mol. The normalized spacial score (nSPS) is 16.2. The fraction of sp³-hybridized carbons (Fsp3) is 0.438.